The van der Waals surface area contributed by atoms with Crippen LogP contribution in [0.15, 0.2) is 24.5 Å². The third-order valence-electron chi connectivity index (χ3n) is 1.27. The van der Waals surface area contributed by atoms with Crippen molar-refractivity contribution in [3.05, 3.63) is 24.5 Å². The van der Waals surface area contributed by atoms with Gasteiger partial charge in [0, 0.05) is 13.2 Å². The largest absolute Gasteiger partial charge is 0.363 e. The van der Waals surface area contributed by atoms with Crippen molar-refractivity contribution in [1.82, 2.24) is 4.98 Å². The van der Waals surface area contributed by atoms with E-state index < -0.39 is 0 Å². The second-order valence-corrected chi connectivity index (χ2v) is 2.53. The highest BCUT2D eigenvalue weighted by molar-refractivity contribution is 9.09. The van der Waals surface area contributed by atoms with E-state index in [2.05, 4.69) is 25.8 Å². The molecule has 0 saturated heterocycles. The Bertz CT molecular complexity index is 188. The van der Waals surface area contributed by atoms with Gasteiger partial charge in [-0.05, 0) is 12.1 Å². The van der Waals surface area contributed by atoms with Crippen LogP contribution in [0.25, 0.3) is 0 Å². The van der Waals surface area contributed by atoms with Gasteiger partial charge in [-0.3, -0.25) is 4.98 Å². The quantitative estimate of drug-likeness (QED) is 0.536. The molecule has 0 spiro atoms. The van der Waals surface area contributed by atoms with Crippen LogP contribution < -0.4 is 4.90 Å². The lowest BCUT2D eigenvalue weighted by Crippen LogP contribution is -2.13. The summed E-state index contributed by atoms with van der Waals surface area (Å²) in [6.45, 7) is 0. The van der Waals surface area contributed by atoms with E-state index in [1.54, 1.807) is 6.20 Å². The molecule has 1 aromatic heterocycles. The number of pyridine rings is 1. The van der Waals surface area contributed by atoms with Gasteiger partial charge in [-0.2, -0.15) is 0 Å². The number of halogens is 1. The molecule has 0 aliphatic carbocycles. The molecule has 1 rings (SSSR count). The third kappa shape index (κ3) is 1.70. The lowest BCUT2D eigenvalue weighted by Gasteiger charge is -2.13. The normalized spacial score (nSPS) is 9.40. The van der Waals surface area contributed by atoms with Crippen molar-refractivity contribution >= 4 is 21.6 Å². The Labute approximate surface area is 69.0 Å². The standard InChI is InChI=1S/C7H9BrN2/c1-10(6-8)7-3-2-4-9-5-7/h2-5H,6H2,1H3. The highest BCUT2D eigenvalue weighted by atomic mass is 79.9. The lowest BCUT2D eigenvalue weighted by atomic mass is 10.4. The minimum atomic E-state index is 0.832. The molecule has 0 aromatic carbocycles. The Morgan fingerprint density at radius 2 is 2.50 bits per heavy atom. The van der Waals surface area contributed by atoms with Gasteiger partial charge in [-0.1, -0.05) is 15.9 Å². The van der Waals surface area contributed by atoms with Crippen LogP contribution in [-0.2, 0) is 0 Å². The topological polar surface area (TPSA) is 16.1 Å². The van der Waals surface area contributed by atoms with Crippen LogP contribution in [0.3, 0.4) is 0 Å². The summed E-state index contributed by atoms with van der Waals surface area (Å²) in [4.78, 5) is 6.05. The summed E-state index contributed by atoms with van der Waals surface area (Å²) in [7, 11) is 2.01. The molecule has 10 heavy (non-hydrogen) atoms. The lowest BCUT2D eigenvalue weighted by molar-refractivity contribution is 1.09. The molecule has 2 nitrogen and oxygen atoms in total. The summed E-state index contributed by atoms with van der Waals surface area (Å²) in [6, 6.07) is 3.95. The highest BCUT2D eigenvalue weighted by Crippen LogP contribution is 2.09. The Hall–Kier alpha value is -0.570. The molecular weight excluding hydrogens is 192 g/mol. The average Bonchev–Trinajstić information content (AvgIpc) is 2.05. The Morgan fingerprint density at radius 3 is 3.00 bits per heavy atom. The summed E-state index contributed by atoms with van der Waals surface area (Å²) in [5, 5.41) is 0. The average molecular weight is 201 g/mol. The maximum absolute atomic E-state index is 3.99. The van der Waals surface area contributed by atoms with Crippen molar-refractivity contribution in [1.29, 1.82) is 0 Å². The van der Waals surface area contributed by atoms with Crippen LogP contribution in [0.5, 0.6) is 0 Å². The number of anilines is 1. The Morgan fingerprint density at radius 1 is 1.70 bits per heavy atom. The predicted molar refractivity (Wildman–Crippen MR) is 46.4 cm³/mol. The fourth-order valence-corrected chi connectivity index (χ4v) is 0.938. The number of hydrogen-bond donors (Lipinski definition) is 0. The number of alkyl halides is 1. The van der Waals surface area contributed by atoms with Gasteiger partial charge in [0.1, 0.15) is 0 Å². The van der Waals surface area contributed by atoms with Crippen molar-refractivity contribution in [2.45, 2.75) is 0 Å². The maximum Gasteiger partial charge on any atom is 0.0733 e. The molecule has 0 bridgehead atoms. The van der Waals surface area contributed by atoms with Gasteiger partial charge in [-0.25, -0.2) is 0 Å². The highest BCUT2D eigenvalue weighted by Gasteiger charge is 1.94. The molecule has 0 amide bonds. The zero-order valence-corrected chi connectivity index (χ0v) is 7.37. The molecule has 54 valence electrons. The van der Waals surface area contributed by atoms with Crippen LogP contribution in [0.4, 0.5) is 5.69 Å². The first-order valence-electron chi connectivity index (χ1n) is 3.01. The van der Waals surface area contributed by atoms with Crippen LogP contribution in [0.2, 0.25) is 0 Å². The summed E-state index contributed by atoms with van der Waals surface area (Å²) in [6.07, 6.45) is 3.60. The van der Waals surface area contributed by atoms with E-state index >= 15 is 0 Å². The summed E-state index contributed by atoms with van der Waals surface area (Å²) < 4.78 is 0. The van der Waals surface area contributed by atoms with Crippen molar-refractivity contribution < 1.29 is 0 Å². The first kappa shape index (κ1) is 7.54. The van der Waals surface area contributed by atoms with Crippen molar-refractivity contribution in [3.63, 3.8) is 0 Å². The second kappa shape index (κ2) is 3.56. The Kier molecular flexibility index (Phi) is 2.68. The van der Waals surface area contributed by atoms with E-state index in [0.717, 1.165) is 11.1 Å². The van der Waals surface area contributed by atoms with E-state index in [9.17, 15) is 0 Å². The molecule has 0 atom stereocenters. The first-order chi connectivity index (χ1) is 4.84. The SMILES string of the molecule is CN(CBr)c1cccnc1. The monoisotopic (exact) mass is 200 g/mol. The number of nitrogens with zero attached hydrogens (tertiary/aromatic N) is 2. The van der Waals surface area contributed by atoms with E-state index in [1.807, 2.05) is 25.4 Å². The summed E-state index contributed by atoms with van der Waals surface area (Å²) in [5.74, 6) is 0. The third-order valence-corrected chi connectivity index (χ3v) is 2.02. The van der Waals surface area contributed by atoms with Gasteiger partial charge < -0.3 is 4.90 Å². The van der Waals surface area contributed by atoms with Crippen molar-refractivity contribution in [2.75, 3.05) is 17.4 Å². The molecule has 1 aromatic rings. The molecule has 3 heteroatoms. The molecule has 1 heterocycles. The van der Waals surface area contributed by atoms with Gasteiger partial charge in [0.05, 0.1) is 17.3 Å². The van der Waals surface area contributed by atoms with Gasteiger partial charge in [-0.15, -0.1) is 0 Å². The minimum Gasteiger partial charge on any atom is -0.363 e. The zero-order chi connectivity index (χ0) is 7.40. The van der Waals surface area contributed by atoms with Crippen LogP contribution in [-0.4, -0.2) is 17.5 Å². The van der Waals surface area contributed by atoms with Gasteiger partial charge in [0.15, 0.2) is 0 Å². The first-order valence-corrected chi connectivity index (χ1v) is 4.14. The van der Waals surface area contributed by atoms with Gasteiger partial charge in [0.2, 0.25) is 0 Å². The summed E-state index contributed by atoms with van der Waals surface area (Å²) in [5.41, 5.74) is 1.96. The molecule has 0 saturated carbocycles. The second-order valence-electron chi connectivity index (χ2n) is 2.03. The number of aromatic nitrogens is 1. The smallest absolute Gasteiger partial charge is 0.0733 e. The zero-order valence-electron chi connectivity index (χ0n) is 5.79. The fourth-order valence-electron chi connectivity index (χ4n) is 0.649. The Balaban J connectivity index is 2.75. The molecule has 0 fully saturated rings. The van der Waals surface area contributed by atoms with Crippen molar-refractivity contribution in [2.24, 2.45) is 0 Å². The molecule has 0 aliphatic rings. The number of rotatable bonds is 2. The molecular formula is C7H9BrN2. The fraction of sp³-hybridized carbons (Fsp3) is 0.286. The van der Waals surface area contributed by atoms with Crippen LogP contribution >= 0.6 is 15.9 Å². The molecule has 0 aliphatic heterocycles. The van der Waals surface area contributed by atoms with E-state index in [0.29, 0.717) is 0 Å². The van der Waals surface area contributed by atoms with E-state index in [-0.39, 0.29) is 0 Å². The van der Waals surface area contributed by atoms with Crippen LogP contribution in [0.1, 0.15) is 0 Å². The predicted octanol–water partition coefficient (Wildman–Crippen LogP) is 1.87. The number of hydrogen-bond acceptors (Lipinski definition) is 2. The van der Waals surface area contributed by atoms with E-state index in [1.165, 1.54) is 0 Å². The van der Waals surface area contributed by atoms with Gasteiger partial charge >= 0.3 is 0 Å². The molecule has 0 N–H and O–H groups in total. The van der Waals surface area contributed by atoms with E-state index in [4.69, 9.17) is 0 Å². The minimum absolute atomic E-state index is 0.832. The van der Waals surface area contributed by atoms with Gasteiger partial charge in [0.25, 0.3) is 0 Å². The van der Waals surface area contributed by atoms with Crippen molar-refractivity contribution in [3.8, 4) is 0 Å². The summed E-state index contributed by atoms with van der Waals surface area (Å²) >= 11 is 3.35. The van der Waals surface area contributed by atoms with Crippen LogP contribution in [0, 0.1) is 0 Å². The molecule has 0 unspecified atom stereocenters. The maximum atomic E-state index is 3.99. The molecule has 0 radical (unpaired) electrons.